The number of rotatable bonds is 4. The van der Waals surface area contributed by atoms with Crippen LogP contribution in [0.3, 0.4) is 0 Å². The van der Waals surface area contributed by atoms with Crippen LogP contribution in [-0.2, 0) is 0 Å². The van der Waals surface area contributed by atoms with Crippen molar-refractivity contribution in [3.8, 4) is 0 Å². The Morgan fingerprint density at radius 2 is 2.15 bits per heavy atom. The molecule has 0 radical (unpaired) electrons. The van der Waals surface area contributed by atoms with Gasteiger partial charge in [0.2, 0.25) is 0 Å². The minimum Gasteiger partial charge on any atom is -0.380 e. The van der Waals surface area contributed by atoms with Gasteiger partial charge in [0.15, 0.2) is 5.76 Å². The fourth-order valence-electron chi connectivity index (χ4n) is 1.16. The Morgan fingerprint density at radius 1 is 1.46 bits per heavy atom. The van der Waals surface area contributed by atoms with Crippen molar-refractivity contribution in [3.63, 3.8) is 0 Å². The van der Waals surface area contributed by atoms with Crippen molar-refractivity contribution >= 4 is 5.69 Å². The SMILES string of the molecule is CCC(C)CNc1c(C)noc1C. The van der Waals surface area contributed by atoms with Crippen LogP contribution in [0.5, 0.6) is 0 Å². The summed E-state index contributed by atoms with van der Waals surface area (Å²) in [4.78, 5) is 0. The Hall–Kier alpha value is -0.990. The van der Waals surface area contributed by atoms with Gasteiger partial charge in [-0.1, -0.05) is 25.4 Å². The maximum Gasteiger partial charge on any atom is 0.156 e. The van der Waals surface area contributed by atoms with Gasteiger partial charge >= 0.3 is 0 Å². The quantitative estimate of drug-likeness (QED) is 0.778. The van der Waals surface area contributed by atoms with E-state index in [-0.39, 0.29) is 0 Å². The van der Waals surface area contributed by atoms with Gasteiger partial charge in [-0.3, -0.25) is 0 Å². The molecule has 1 unspecified atom stereocenters. The number of aryl methyl sites for hydroxylation is 2. The van der Waals surface area contributed by atoms with Crippen molar-refractivity contribution in [2.24, 2.45) is 5.92 Å². The van der Waals surface area contributed by atoms with E-state index in [4.69, 9.17) is 4.52 Å². The molecule has 0 aliphatic carbocycles. The van der Waals surface area contributed by atoms with E-state index in [2.05, 4.69) is 24.3 Å². The summed E-state index contributed by atoms with van der Waals surface area (Å²) >= 11 is 0. The van der Waals surface area contributed by atoms with Crippen LogP contribution in [0.4, 0.5) is 5.69 Å². The second-order valence-corrected chi connectivity index (χ2v) is 3.59. The summed E-state index contributed by atoms with van der Waals surface area (Å²) in [5, 5.41) is 7.24. The fraction of sp³-hybridized carbons (Fsp3) is 0.700. The molecule has 1 N–H and O–H groups in total. The molecule has 0 amide bonds. The smallest absolute Gasteiger partial charge is 0.156 e. The van der Waals surface area contributed by atoms with E-state index in [0.29, 0.717) is 5.92 Å². The zero-order valence-corrected chi connectivity index (χ0v) is 8.85. The van der Waals surface area contributed by atoms with Crippen molar-refractivity contribution in [1.29, 1.82) is 0 Å². The second-order valence-electron chi connectivity index (χ2n) is 3.59. The van der Waals surface area contributed by atoms with Gasteiger partial charge in [0.05, 0.1) is 0 Å². The van der Waals surface area contributed by atoms with Gasteiger partial charge in [-0.15, -0.1) is 0 Å². The normalized spacial score (nSPS) is 12.9. The van der Waals surface area contributed by atoms with Crippen molar-refractivity contribution in [2.75, 3.05) is 11.9 Å². The molecule has 3 heteroatoms. The maximum atomic E-state index is 5.05. The van der Waals surface area contributed by atoms with E-state index in [1.54, 1.807) is 0 Å². The van der Waals surface area contributed by atoms with E-state index in [0.717, 1.165) is 23.7 Å². The van der Waals surface area contributed by atoms with Gasteiger partial charge in [-0.25, -0.2) is 0 Å². The molecule has 74 valence electrons. The van der Waals surface area contributed by atoms with Gasteiger partial charge in [0, 0.05) is 6.54 Å². The molecule has 1 heterocycles. The van der Waals surface area contributed by atoms with E-state index in [1.165, 1.54) is 6.42 Å². The number of hydrogen-bond donors (Lipinski definition) is 1. The summed E-state index contributed by atoms with van der Waals surface area (Å²) in [5.41, 5.74) is 2.00. The summed E-state index contributed by atoms with van der Waals surface area (Å²) < 4.78 is 5.05. The fourth-order valence-corrected chi connectivity index (χ4v) is 1.16. The lowest BCUT2D eigenvalue weighted by Gasteiger charge is -2.10. The number of hydrogen-bond acceptors (Lipinski definition) is 3. The molecule has 1 aromatic rings. The van der Waals surface area contributed by atoms with Crippen LogP contribution in [0.2, 0.25) is 0 Å². The van der Waals surface area contributed by atoms with Gasteiger partial charge in [-0.05, 0) is 19.8 Å². The summed E-state index contributed by atoms with van der Waals surface area (Å²) in [5.74, 6) is 1.56. The Morgan fingerprint density at radius 3 is 2.62 bits per heavy atom. The lowest BCUT2D eigenvalue weighted by molar-refractivity contribution is 0.393. The third-order valence-electron chi connectivity index (χ3n) is 2.36. The topological polar surface area (TPSA) is 38.1 Å². The molecule has 0 saturated heterocycles. The Bertz CT molecular complexity index is 248. The zero-order valence-electron chi connectivity index (χ0n) is 8.85. The van der Waals surface area contributed by atoms with Crippen molar-refractivity contribution < 1.29 is 4.52 Å². The average Bonchev–Trinajstić information content (AvgIpc) is 2.43. The van der Waals surface area contributed by atoms with Crippen LogP contribution >= 0.6 is 0 Å². The first-order valence-corrected chi connectivity index (χ1v) is 4.81. The van der Waals surface area contributed by atoms with E-state index in [1.807, 2.05) is 13.8 Å². The zero-order chi connectivity index (χ0) is 9.84. The third kappa shape index (κ3) is 2.47. The number of nitrogens with one attached hydrogen (secondary N) is 1. The van der Waals surface area contributed by atoms with Crippen molar-refractivity contribution in [3.05, 3.63) is 11.5 Å². The molecule has 0 bridgehead atoms. The molecule has 0 fully saturated rings. The number of nitrogens with zero attached hydrogens (tertiary/aromatic N) is 1. The highest BCUT2D eigenvalue weighted by molar-refractivity contribution is 5.49. The van der Waals surface area contributed by atoms with Crippen LogP contribution in [0.1, 0.15) is 31.7 Å². The first-order valence-electron chi connectivity index (χ1n) is 4.81. The highest BCUT2D eigenvalue weighted by Gasteiger charge is 2.08. The highest BCUT2D eigenvalue weighted by Crippen LogP contribution is 2.19. The lowest BCUT2D eigenvalue weighted by Crippen LogP contribution is -2.10. The Labute approximate surface area is 79.5 Å². The first kappa shape index (κ1) is 10.1. The summed E-state index contributed by atoms with van der Waals surface area (Å²) in [6, 6.07) is 0. The van der Waals surface area contributed by atoms with Crippen molar-refractivity contribution in [2.45, 2.75) is 34.1 Å². The van der Waals surface area contributed by atoms with E-state index < -0.39 is 0 Å². The van der Waals surface area contributed by atoms with Gasteiger partial charge in [-0.2, -0.15) is 0 Å². The molecule has 0 spiro atoms. The molecule has 0 aromatic carbocycles. The molecule has 0 saturated carbocycles. The second kappa shape index (κ2) is 4.30. The highest BCUT2D eigenvalue weighted by atomic mass is 16.5. The molecular weight excluding hydrogens is 164 g/mol. The van der Waals surface area contributed by atoms with Crippen LogP contribution < -0.4 is 5.32 Å². The monoisotopic (exact) mass is 182 g/mol. The Kier molecular flexibility index (Phi) is 3.34. The van der Waals surface area contributed by atoms with Crippen LogP contribution in [0, 0.1) is 19.8 Å². The summed E-state index contributed by atoms with van der Waals surface area (Å²) in [7, 11) is 0. The van der Waals surface area contributed by atoms with Gasteiger partial charge in [0.25, 0.3) is 0 Å². The predicted octanol–water partition coefficient (Wildman–Crippen LogP) is 2.75. The van der Waals surface area contributed by atoms with Crippen LogP contribution in [0.25, 0.3) is 0 Å². The summed E-state index contributed by atoms with van der Waals surface area (Å²) in [6.45, 7) is 9.29. The van der Waals surface area contributed by atoms with Crippen molar-refractivity contribution in [1.82, 2.24) is 5.16 Å². The molecule has 1 aromatic heterocycles. The van der Waals surface area contributed by atoms with Crippen LogP contribution in [-0.4, -0.2) is 11.7 Å². The molecule has 1 rings (SSSR count). The Balaban J connectivity index is 2.53. The van der Waals surface area contributed by atoms with E-state index in [9.17, 15) is 0 Å². The largest absolute Gasteiger partial charge is 0.380 e. The third-order valence-corrected chi connectivity index (χ3v) is 2.36. The van der Waals surface area contributed by atoms with Crippen LogP contribution in [0.15, 0.2) is 4.52 Å². The molecule has 0 aliphatic rings. The summed E-state index contributed by atoms with van der Waals surface area (Å²) in [6.07, 6.45) is 1.19. The minimum absolute atomic E-state index is 0.689. The maximum absolute atomic E-state index is 5.05. The standard InChI is InChI=1S/C10H18N2O/c1-5-7(2)6-11-10-8(3)12-13-9(10)4/h7,11H,5-6H2,1-4H3. The van der Waals surface area contributed by atoms with E-state index >= 15 is 0 Å². The molecule has 0 aliphatic heterocycles. The average molecular weight is 182 g/mol. The van der Waals surface area contributed by atoms with Gasteiger partial charge < -0.3 is 9.84 Å². The molecular formula is C10H18N2O. The number of aromatic nitrogens is 1. The predicted molar refractivity (Wildman–Crippen MR) is 53.9 cm³/mol. The molecule has 3 nitrogen and oxygen atoms in total. The molecule has 13 heavy (non-hydrogen) atoms. The first-order chi connectivity index (χ1) is 6.15. The number of anilines is 1. The van der Waals surface area contributed by atoms with Gasteiger partial charge in [0.1, 0.15) is 11.4 Å². The lowest BCUT2D eigenvalue weighted by atomic mass is 10.1. The molecule has 1 atom stereocenters. The minimum atomic E-state index is 0.689.